The highest BCUT2D eigenvalue weighted by Crippen LogP contribution is 2.26. The first-order chi connectivity index (χ1) is 6.77. The Balaban J connectivity index is 2.06. The summed E-state index contributed by atoms with van der Waals surface area (Å²) >= 11 is 0. The highest BCUT2D eigenvalue weighted by Gasteiger charge is 2.29. The highest BCUT2D eigenvalue weighted by atomic mass is 16.4. The molecule has 0 spiro atoms. The first kappa shape index (κ1) is 9.21. The maximum absolute atomic E-state index is 10.7. The first-order valence-corrected chi connectivity index (χ1v) is 4.78. The molecule has 3 heteroatoms. The van der Waals surface area contributed by atoms with Gasteiger partial charge < -0.3 is 10.4 Å². The summed E-state index contributed by atoms with van der Waals surface area (Å²) in [4.78, 5) is 10.7. The van der Waals surface area contributed by atoms with Gasteiger partial charge in [-0.25, -0.2) is 0 Å². The van der Waals surface area contributed by atoms with Gasteiger partial charge in [-0.05, 0) is 12.0 Å². The van der Waals surface area contributed by atoms with Crippen molar-refractivity contribution in [3.05, 3.63) is 35.9 Å². The molecule has 0 bridgehead atoms. The smallest absolute Gasteiger partial charge is 0.307 e. The van der Waals surface area contributed by atoms with E-state index < -0.39 is 5.97 Å². The van der Waals surface area contributed by atoms with Crippen molar-refractivity contribution in [1.29, 1.82) is 0 Å². The van der Waals surface area contributed by atoms with Crippen molar-refractivity contribution in [1.82, 2.24) is 5.32 Å². The molecule has 0 amide bonds. The molecule has 1 aliphatic rings. The molecule has 2 rings (SSSR count). The maximum atomic E-state index is 10.7. The van der Waals surface area contributed by atoms with E-state index in [1.807, 2.05) is 30.3 Å². The SMILES string of the molecule is O=C(O)[C@@H]1CN[C@@H](c2ccccc2)C1. The van der Waals surface area contributed by atoms with E-state index in [0.717, 1.165) is 0 Å². The second-order valence-corrected chi connectivity index (χ2v) is 3.64. The molecule has 1 aliphatic heterocycles. The van der Waals surface area contributed by atoms with Gasteiger partial charge >= 0.3 is 5.97 Å². The number of hydrogen-bond acceptors (Lipinski definition) is 2. The number of hydrogen-bond donors (Lipinski definition) is 2. The third-order valence-electron chi connectivity index (χ3n) is 2.68. The van der Waals surface area contributed by atoms with Crippen molar-refractivity contribution in [2.24, 2.45) is 5.92 Å². The van der Waals surface area contributed by atoms with Gasteiger partial charge in [-0.3, -0.25) is 4.79 Å². The van der Waals surface area contributed by atoms with Crippen LogP contribution in [0.15, 0.2) is 30.3 Å². The molecule has 0 saturated carbocycles. The summed E-state index contributed by atoms with van der Waals surface area (Å²) in [6.07, 6.45) is 0.694. The summed E-state index contributed by atoms with van der Waals surface area (Å²) in [7, 11) is 0. The molecular weight excluding hydrogens is 178 g/mol. The fraction of sp³-hybridized carbons (Fsp3) is 0.364. The van der Waals surface area contributed by atoms with E-state index in [-0.39, 0.29) is 12.0 Å². The van der Waals surface area contributed by atoms with Crippen LogP contribution in [-0.2, 0) is 4.79 Å². The predicted octanol–water partition coefficient (Wildman–Crippen LogP) is 1.42. The van der Waals surface area contributed by atoms with E-state index in [9.17, 15) is 4.79 Å². The van der Waals surface area contributed by atoms with E-state index in [2.05, 4.69) is 5.32 Å². The number of nitrogens with one attached hydrogen (secondary N) is 1. The summed E-state index contributed by atoms with van der Waals surface area (Å²) in [5.74, 6) is -0.934. The van der Waals surface area contributed by atoms with Crippen molar-refractivity contribution in [3.8, 4) is 0 Å². The second kappa shape index (κ2) is 3.80. The van der Waals surface area contributed by atoms with Crippen LogP contribution >= 0.6 is 0 Å². The van der Waals surface area contributed by atoms with Crippen LogP contribution in [0.25, 0.3) is 0 Å². The first-order valence-electron chi connectivity index (χ1n) is 4.78. The van der Waals surface area contributed by atoms with E-state index in [1.165, 1.54) is 5.56 Å². The molecule has 0 aromatic heterocycles. The summed E-state index contributed by atoms with van der Waals surface area (Å²) in [6.45, 7) is 0.578. The minimum absolute atomic E-state index is 0.206. The average molecular weight is 191 g/mol. The van der Waals surface area contributed by atoms with Crippen LogP contribution in [0.1, 0.15) is 18.0 Å². The summed E-state index contributed by atoms with van der Waals surface area (Å²) in [6, 6.07) is 10.2. The highest BCUT2D eigenvalue weighted by molar-refractivity contribution is 5.70. The lowest BCUT2D eigenvalue weighted by atomic mass is 10.0. The molecule has 2 N–H and O–H groups in total. The molecule has 1 aromatic rings. The standard InChI is InChI=1S/C11H13NO2/c13-11(14)9-6-10(12-7-9)8-4-2-1-3-5-8/h1-5,9-10,12H,6-7H2,(H,13,14)/t9-,10+/m0/s1. The zero-order valence-electron chi connectivity index (χ0n) is 7.81. The maximum Gasteiger partial charge on any atom is 0.307 e. The minimum atomic E-state index is -0.698. The zero-order chi connectivity index (χ0) is 9.97. The molecule has 1 fully saturated rings. The molecular formula is C11H13NO2. The van der Waals surface area contributed by atoms with E-state index >= 15 is 0 Å². The summed E-state index contributed by atoms with van der Waals surface area (Å²) < 4.78 is 0. The molecule has 3 nitrogen and oxygen atoms in total. The molecule has 0 radical (unpaired) electrons. The minimum Gasteiger partial charge on any atom is -0.481 e. The van der Waals surface area contributed by atoms with Crippen molar-refractivity contribution >= 4 is 5.97 Å². The molecule has 1 saturated heterocycles. The number of carboxylic acid groups (broad SMARTS) is 1. The monoisotopic (exact) mass is 191 g/mol. The Hall–Kier alpha value is -1.35. The van der Waals surface area contributed by atoms with Gasteiger partial charge in [-0.1, -0.05) is 30.3 Å². The Morgan fingerprint density at radius 2 is 2.07 bits per heavy atom. The lowest BCUT2D eigenvalue weighted by Crippen LogP contribution is -2.17. The third-order valence-corrected chi connectivity index (χ3v) is 2.68. The Kier molecular flexibility index (Phi) is 2.50. The average Bonchev–Trinajstić information content (AvgIpc) is 2.68. The fourth-order valence-electron chi connectivity index (χ4n) is 1.86. The van der Waals surface area contributed by atoms with Gasteiger partial charge in [0.25, 0.3) is 0 Å². The number of carbonyl (C=O) groups is 1. The third kappa shape index (κ3) is 1.77. The van der Waals surface area contributed by atoms with Crippen LogP contribution in [0.2, 0.25) is 0 Å². The van der Waals surface area contributed by atoms with Crippen LogP contribution in [0.4, 0.5) is 0 Å². The van der Waals surface area contributed by atoms with Crippen LogP contribution in [-0.4, -0.2) is 17.6 Å². The van der Waals surface area contributed by atoms with Crippen molar-refractivity contribution < 1.29 is 9.90 Å². The van der Waals surface area contributed by atoms with Crippen LogP contribution < -0.4 is 5.32 Å². The van der Waals surface area contributed by atoms with Crippen LogP contribution in [0, 0.1) is 5.92 Å². The molecule has 0 aliphatic carbocycles. The van der Waals surface area contributed by atoms with Crippen molar-refractivity contribution in [2.45, 2.75) is 12.5 Å². The summed E-state index contributed by atoms with van der Waals surface area (Å²) in [5, 5.41) is 12.1. The van der Waals surface area contributed by atoms with Gasteiger partial charge in [0.2, 0.25) is 0 Å². The quantitative estimate of drug-likeness (QED) is 0.743. The number of aliphatic carboxylic acids is 1. The zero-order valence-corrected chi connectivity index (χ0v) is 7.81. The normalized spacial score (nSPS) is 26.3. The molecule has 1 aromatic carbocycles. The van der Waals surface area contributed by atoms with E-state index in [1.54, 1.807) is 0 Å². The Morgan fingerprint density at radius 3 is 2.64 bits per heavy atom. The van der Waals surface area contributed by atoms with E-state index in [4.69, 9.17) is 5.11 Å². The van der Waals surface area contributed by atoms with Gasteiger partial charge in [0, 0.05) is 12.6 Å². The molecule has 14 heavy (non-hydrogen) atoms. The van der Waals surface area contributed by atoms with Gasteiger partial charge in [-0.2, -0.15) is 0 Å². The van der Waals surface area contributed by atoms with E-state index in [0.29, 0.717) is 13.0 Å². The summed E-state index contributed by atoms with van der Waals surface area (Å²) in [5.41, 5.74) is 1.18. The van der Waals surface area contributed by atoms with Crippen LogP contribution in [0.3, 0.4) is 0 Å². The number of carboxylic acids is 1. The number of benzene rings is 1. The topological polar surface area (TPSA) is 49.3 Å². The fourth-order valence-corrected chi connectivity index (χ4v) is 1.86. The molecule has 74 valence electrons. The van der Waals surface area contributed by atoms with Gasteiger partial charge in [0.05, 0.1) is 5.92 Å². The Morgan fingerprint density at radius 1 is 1.36 bits per heavy atom. The van der Waals surface area contributed by atoms with Crippen LogP contribution in [0.5, 0.6) is 0 Å². The Labute approximate surface area is 82.8 Å². The Bertz CT molecular complexity index is 323. The van der Waals surface area contributed by atoms with Crippen molar-refractivity contribution in [2.75, 3.05) is 6.54 Å². The van der Waals surface area contributed by atoms with Gasteiger partial charge in [0.15, 0.2) is 0 Å². The van der Waals surface area contributed by atoms with Gasteiger partial charge in [0.1, 0.15) is 0 Å². The number of rotatable bonds is 2. The van der Waals surface area contributed by atoms with Gasteiger partial charge in [-0.15, -0.1) is 0 Å². The van der Waals surface area contributed by atoms with Crippen molar-refractivity contribution in [3.63, 3.8) is 0 Å². The molecule has 1 heterocycles. The molecule has 0 unspecified atom stereocenters. The largest absolute Gasteiger partial charge is 0.481 e. The lowest BCUT2D eigenvalue weighted by Gasteiger charge is -2.09. The second-order valence-electron chi connectivity index (χ2n) is 3.64. The molecule has 2 atom stereocenters. The lowest BCUT2D eigenvalue weighted by molar-refractivity contribution is -0.141. The predicted molar refractivity (Wildman–Crippen MR) is 52.9 cm³/mol.